The van der Waals surface area contributed by atoms with E-state index in [1.807, 2.05) is 31.2 Å². The van der Waals surface area contributed by atoms with Gasteiger partial charge in [-0.05, 0) is 31.5 Å². The summed E-state index contributed by atoms with van der Waals surface area (Å²) in [4.78, 5) is 23.2. The van der Waals surface area contributed by atoms with Crippen LogP contribution in [0.25, 0.3) is 0 Å². The van der Waals surface area contributed by atoms with Crippen molar-refractivity contribution >= 4 is 11.9 Å². The molecule has 0 bridgehead atoms. The molecule has 2 atom stereocenters. The number of rotatable bonds is 6. The van der Waals surface area contributed by atoms with Crippen LogP contribution in [0.3, 0.4) is 0 Å². The second kappa shape index (κ2) is 6.95. The molecule has 0 spiro atoms. The number of carbonyl (C=O) groups is 2. The highest BCUT2D eigenvalue weighted by atomic mass is 16.5. The maximum atomic E-state index is 12.3. The number of hydrogen-bond donors (Lipinski definition) is 2. The van der Waals surface area contributed by atoms with Crippen molar-refractivity contribution in [2.24, 2.45) is 0 Å². The molecule has 0 saturated heterocycles. The number of amides is 1. The van der Waals surface area contributed by atoms with E-state index in [9.17, 15) is 9.59 Å². The quantitative estimate of drug-likeness (QED) is 0.850. The number of ether oxygens (including phenoxy) is 1. The van der Waals surface area contributed by atoms with E-state index < -0.39 is 12.0 Å². The lowest BCUT2D eigenvalue weighted by atomic mass is 10.1. The average molecular weight is 317 g/mol. The number of aromatic carboxylic acids is 1. The molecule has 0 aliphatic carbocycles. The van der Waals surface area contributed by atoms with E-state index in [0.29, 0.717) is 0 Å². The van der Waals surface area contributed by atoms with Gasteiger partial charge in [-0.3, -0.25) is 9.48 Å². The molecule has 0 fully saturated rings. The third-order valence-electron chi connectivity index (χ3n) is 3.58. The van der Waals surface area contributed by atoms with E-state index in [2.05, 4.69) is 10.4 Å². The van der Waals surface area contributed by atoms with Gasteiger partial charge in [0.1, 0.15) is 11.8 Å². The molecule has 1 aromatic carbocycles. The molecule has 1 heterocycles. The lowest BCUT2D eigenvalue weighted by Gasteiger charge is -2.18. The van der Waals surface area contributed by atoms with E-state index in [4.69, 9.17) is 9.84 Å². The summed E-state index contributed by atoms with van der Waals surface area (Å²) < 4.78 is 6.50. The van der Waals surface area contributed by atoms with Gasteiger partial charge < -0.3 is 15.2 Å². The molecular weight excluding hydrogens is 298 g/mol. The summed E-state index contributed by atoms with van der Waals surface area (Å²) in [5.74, 6) is -0.608. The first-order chi connectivity index (χ1) is 10.9. The molecule has 2 aromatic rings. The predicted octanol–water partition coefficient (Wildman–Crippen LogP) is 2.03. The van der Waals surface area contributed by atoms with Crippen molar-refractivity contribution < 1.29 is 19.4 Å². The van der Waals surface area contributed by atoms with E-state index in [-0.39, 0.29) is 17.5 Å². The maximum absolute atomic E-state index is 12.3. The Kier molecular flexibility index (Phi) is 5.00. The van der Waals surface area contributed by atoms with Crippen LogP contribution in [-0.2, 0) is 4.79 Å². The van der Waals surface area contributed by atoms with Crippen LogP contribution in [0.4, 0.5) is 0 Å². The van der Waals surface area contributed by atoms with Crippen LogP contribution in [0.2, 0.25) is 0 Å². The van der Waals surface area contributed by atoms with Crippen LogP contribution in [0.5, 0.6) is 5.75 Å². The Hall–Kier alpha value is -2.83. The summed E-state index contributed by atoms with van der Waals surface area (Å²) in [7, 11) is 1.59. The van der Waals surface area contributed by atoms with E-state index in [1.54, 1.807) is 14.0 Å². The third kappa shape index (κ3) is 3.88. The lowest BCUT2D eigenvalue weighted by Crippen LogP contribution is -2.33. The number of carboxylic acids is 1. The van der Waals surface area contributed by atoms with Crippen molar-refractivity contribution in [3.05, 3.63) is 47.8 Å². The molecule has 1 aromatic heterocycles. The topological polar surface area (TPSA) is 93.5 Å². The minimum absolute atomic E-state index is 0.0468. The summed E-state index contributed by atoms with van der Waals surface area (Å²) in [6.45, 7) is 3.53. The highest BCUT2D eigenvalue weighted by molar-refractivity contribution is 5.87. The average Bonchev–Trinajstić information content (AvgIpc) is 3.04. The first kappa shape index (κ1) is 16.5. The van der Waals surface area contributed by atoms with Gasteiger partial charge >= 0.3 is 5.97 Å². The first-order valence-electron chi connectivity index (χ1n) is 7.14. The minimum Gasteiger partial charge on any atom is -0.497 e. The Labute approximate surface area is 133 Å². The van der Waals surface area contributed by atoms with Crippen LogP contribution in [0.1, 0.15) is 41.9 Å². The largest absolute Gasteiger partial charge is 0.497 e. The fourth-order valence-corrected chi connectivity index (χ4v) is 2.11. The van der Waals surface area contributed by atoms with Gasteiger partial charge in [0.05, 0.1) is 24.9 Å². The second-order valence-electron chi connectivity index (χ2n) is 5.20. The van der Waals surface area contributed by atoms with Gasteiger partial charge in [-0.25, -0.2) is 4.79 Å². The highest BCUT2D eigenvalue weighted by Crippen LogP contribution is 2.19. The summed E-state index contributed by atoms with van der Waals surface area (Å²) >= 11 is 0. The van der Waals surface area contributed by atoms with Crippen molar-refractivity contribution in [3.63, 3.8) is 0 Å². The molecule has 0 aliphatic heterocycles. The molecule has 1 amide bonds. The van der Waals surface area contributed by atoms with Gasteiger partial charge in [-0.15, -0.1) is 0 Å². The number of methoxy groups -OCH3 is 1. The van der Waals surface area contributed by atoms with Crippen LogP contribution in [0, 0.1) is 0 Å². The summed E-state index contributed by atoms with van der Waals surface area (Å²) in [6.07, 6.45) is 2.56. The molecule has 0 radical (unpaired) electrons. The lowest BCUT2D eigenvalue weighted by molar-refractivity contribution is -0.124. The zero-order valence-corrected chi connectivity index (χ0v) is 13.2. The summed E-state index contributed by atoms with van der Waals surface area (Å²) in [5.41, 5.74) is 0.960. The Morgan fingerprint density at radius 3 is 2.70 bits per heavy atom. The van der Waals surface area contributed by atoms with Crippen LogP contribution >= 0.6 is 0 Å². The fourth-order valence-electron chi connectivity index (χ4n) is 2.11. The van der Waals surface area contributed by atoms with Crippen molar-refractivity contribution in [1.82, 2.24) is 15.1 Å². The van der Waals surface area contributed by atoms with Crippen molar-refractivity contribution in [2.45, 2.75) is 25.9 Å². The maximum Gasteiger partial charge on any atom is 0.338 e. The summed E-state index contributed by atoms with van der Waals surface area (Å²) in [5, 5.41) is 15.7. The highest BCUT2D eigenvalue weighted by Gasteiger charge is 2.19. The van der Waals surface area contributed by atoms with Crippen LogP contribution in [-0.4, -0.2) is 33.9 Å². The Balaban J connectivity index is 2.05. The van der Waals surface area contributed by atoms with E-state index in [0.717, 1.165) is 11.3 Å². The molecule has 7 heteroatoms. The molecular formula is C16H19N3O4. The van der Waals surface area contributed by atoms with Crippen molar-refractivity contribution in [2.75, 3.05) is 7.11 Å². The molecule has 7 nitrogen and oxygen atoms in total. The molecule has 23 heavy (non-hydrogen) atoms. The fraction of sp³-hybridized carbons (Fsp3) is 0.312. The van der Waals surface area contributed by atoms with Gasteiger partial charge in [0.2, 0.25) is 5.91 Å². The van der Waals surface area contributed by atoms with Gasteiger partial charge in [0, 0.05) is 6.20 Å². The Morgan fingerprint density at radius 2 is 2.09 bits per heavy atom. The number of benzene rings is 1. The smallest absolute Gasteiger partial charge is 0.338 e. The molecule has 0 saturated carbocycles. The van der Waals surface area contributed by atoms with Crippen LogP contribution < -0.4 is 10.1 Å². The predicted molar refractivity (Wildman–Crippen MR) is 83.4 cm³/mol. The van der Waals surface area contributed by atoms with Crippen LogP contribution in [0.15, 0.2) is 36.7 Å². The van der Waals surface area contributed by atoms with Gasteiger partial charge in [-0.1, -0.05) is 12.1 Å². The molecule has 122 valence electrons. The van der Waals surface area contributed by atoms with Crippen molar-refractivity contribution in [3.8, 4) is 5.75 Å². The molecule has 2 N–H and O–H groups in total. The molecule has 0 aliphatic rings. The zero-order valence-electron chi connectivity index (χ0n) is 13.2. The normalized spacial score (nSPS) is 13.2. The zero-order chi connectivity index (χ0) is 17.0. The third-order valence-corrected chi connectivity index (χ3v) is 3.58. The van der Waals surface area contributed by atoms with Gasteiger partial charge in [0.25, 0.3) is 0 Å². The number of nitrogens with one attached hydrogen (secondary N) is 1. The van der Waals surface area contributed by atoms with Crippen molar-refractivity contribution in [1.29, 1.82) is 0 Å². The summed E-state index contributed by atoms with van der Waals surface area (Å²) in [6, 6.07) is 6.61. The number of carbonyl (C=O) groups excluding carboxylic acids is 1. The van der Waals surface area contributed by atoms with E-state index >= 15 is 0 Å². The molecule has 2 unspecified atom stereocenters. The number of nitrogens with zero attached hydrogens (tertiary/aromatic N) is 2. The number of aromatic nitrogens is 2. The first-order valence-corrected chi connectivity index (χ1v) is 7.14. The Bertz CT molecular complexity index is 711. The monoisotopic (exact) mass is 317 g/mol. The number of hydrogen-bond acceptors (Lipinski definition) is 4. The second-order valence-corrected chi connectivity index (χ2v) is 5.20. The molecule has 2 rings (SSSR count). The van der Waals surface area contributed by atoms with Gasteiger partial charge in [0.15, 0.2) is 0 Å². The van der Waals surface area contributed by atoms with Gasteiger partial charge in [-0.2, -0.15) is 5.10 Å². The number of carboxylic acid groups (broad SMARTS) is 1. The SMILES string of the molecule is COc1cccc(C(C)NC(=O)C(C)n2cc(C(=O)O)cn2)c1. The van der Waals surface area contributed by atoms with E-state index in [1.165, 1.54) is 17.1 Å². The minimum atomic E-state index is -1.08. The standard InChI is InChI=1S/C16H19N3O4/c1-10(12-5-4-6-14(7-12)23-3)18-15(20)11(2)19-9-13(8-17-19)16(21)22/h4-11H,1-3H3,(H,18,20)(H,21,22). The Morgan fingerprint density at radius 1 is 1.35 bits per heavy atom.